The van der Waals surface area contributed by atoms with Crippen LogP contribution in [0.2, 0.25) is 0 Å². The summed E-state index contributed by atoms with van der Waals surface area (Å²) in [4.78, 5) is 32.1. The largest absolute Gasteiger partial charge is 0.345 e. The van der Waals surface area contributed by atoms with E-state index in [0.717, 1.165) is 18.2 Å². The summed E-state index contributed by atoms with van der Waals surface area (Å²) in [5.41, 5.74) is 5.39. The summed E-state index contributed by atoms with van der Waals surface area (Å²) in [6, 6.07) is 8.45. The Morgan fingerprint density at radius 3 is 2.43 bits per heavy atom. The van der Waals surface area contributed by atoms with E-state index in [1.165, 1.54) is 0 Å². The first-order valence-corrected chi connectivity index (χ1v) is 8.17. The number of nitrogens with zero attached hydrogens (tertiary/aromatic N) is 3. The van der Waals surface area contributed by atoms with Gasteiger partial charge in [-0.25, -0.2) is 15.2 Å². The minimum Gasteiger partial charge on any atom is -0.345 e. The predicted octanol–water partition coefficient (Wildman–Crippen LogP) is 1.32. The number of carbonyl (C=O) groups excluding carboxylic acids is 2. The second-order valence-electron chi connectivity index (χ2n) is 5.04. The van der Waals surface area contributed by atoms with Gasteiger partial charge in [-0.15, -0.1) is 11.3 Å². The average molecular weight is 331 g/mol. The lowest BCUT2D eigenvalue weighted by molar-refractivity contribution is 0.0929. The number of hydrogen-bond donors (Lipinski definition) is 2. The first-order valence-electron chi connectivity index (χ1n) is 7.29. The van der Waals surface area contributed by atoms with Crippen molar-refractivity contribution in [2.75, 3.05) is 31.1 Å². The summed E-state index contributed by atoms with van der Waals surface area (Å²) in [5, 5.41) is 2.91. The second-order valence-corrected chi connectivity index (χ2v) is 5.91. The van der Waals surface area contributed by atoms with Crippen LogP contribution < -0.4 is 15.8 Å². The Bertz CT molecular complexity index is 654. The van der Waals surface area contributed by atoms with Gasteiger partial charge in [0.1, 0.15) is 0 Å². The van der Waals surface area contributed by atoms with Crippen LogP contribution in [-0.4, -0.2) is 48.0 Å². The van der Waals surface area contributed by atoms with E-state index in [1.807, 2.05) is 11.4 Å². The van der Waals surface area contributed by atoms with E-state index >= 15 is 0 Å². The van der Waals surface area contributed by atoms with Crippen molar-refractivity contribution in [1.82, 2.24) is 20.7 Å². The second kappa shape index (κ2) is 7.10. The first kappa shape index (κ1) is 15.3. The number of aromatic nitrogens is 1. The van der Waals surface area contributed by atoms with E-state index in [1.54, 1.807) is 46.7 Å². The van der Waals surface area contributed by atoms with Gasteiger partial charge in [-0.2, -0.15) is 0 Å². The molecular weight excluding hydrogens is 314 g/mol. The molecule has 1 fully saturated rings. The van der Waals surface area contributed by atoms with Crippen LogP contribution in [0, 0.1) is 0 Å². The van der Waals surface area contributed by atoms with E-state index < -0.39 is 0 Å². The molecule has 23 heavy (non-hydrogen) atoms. The van der Waals surface area contributed by atoms with Gasteiger partial charge in [-0.3, -0.25) is 10.2 Å². The number of amides is 3. The molecule has 0 spiro atoms. The molecule has 8 heteroatoms. The van der Waals surface area contributed by atoms with Gasteiger partial charge >= 0.3 is 6.03 Å². The van der Waals surface area contributed by atoms with Crippen molar-refractivity contribution in [2.24, 2.45) is 0 Å². The van der Waals surface area contributed by atoms with E-state index in [0.29, 0.717) is 18.7 Å². The number of hydrazine groups is 1. The maximum Gasteiger partial charge on any atom is 0.336 e. The highest BCUT2D eigenvalue weighted by atomic mass is 32.1. The zero-order valence-electron chi connectivity index (χ0n) is 12.4. The Morgan fingerprint density at radius 1 is 1.04 bits per heavy atom. The van der Waals surface area contributed by atoms with Gasteiger partial charge in [0.2, 0.25) is 0 Å². The molecule has 0 bridgehead atoms. The van der Waals surface area contributed by atoms with Gasteiger partial charge < -0.3 is 9.80 Å². The number of carbonyl (C=O) groups is 2. The number of hydrogen-bond acceptors (Lipinski definition) is 5. The van der Waals surface area contributed by atoms with Crippen molar-refractivity contribution in [2.45, 2.75) is 0 Å². The van der Waals surface area contributed by atoms with Crippen molar-refractivity contribution in [1.29, 1.82) is 0 Å². The highest BCUT2D eigenvalue weighted by molar-refractivity contribution is 7.13. The van der Waals surface area contributed by atoms with Crippen LogP contribution in [0.25, 0.3) is 0 Å². The minimum absolute atomic E-state index is 0.298. The summed E-state index contributed by atoms with van der Waals surface area (Å²) in [5.74, 6) is -0.333. The molecule has 2 heterocycles. The standard InChI is InChI=1S/C15H17N5O2S/c21-13(12-4-2-1-3-5-12)17-18-14(22)19-7-9-20(10-8-19)15-16-6-11-23-15/h1-6,11H,7-10H2,(H,17,21)(H,18,22). The Balaban J connectivity index is 1.45. The zero-order chi connectivity index (χ0) is 16.1. The molecule has 1 aromatic carbocycles. The van der Waals surface area contributed by atoms with Crippen molar-refractivity contribution >= 4 is 28.4 Å². The van der Waals surface area contributed by atoms with E-state index in [2.05, 4.69) is 20.7 Å². The van der Waals surface area contributed by atoms with Gasteiger partial charge in [-0.1, -0.05) is 18.2 Å². The van der Waals surface area contributed by atoms with E-state index in [-0.39, 0.29) is 11.9 Å². The number of anilines is 1. The lowest BCUT2D eigenvalue weighted by Crippen LogP contribution is -2.55. The molecule has 0 atom stereocenters. The van der Waals surface area contributed by atoms with Crippen LogP contribution in [-0.2, 0) is 0 Å². The highest BCUT2D eigenvalue weighted by Crippen LogP contribution is 2.18. The molecule has 2 N–H and O–H groups in total. The summed E-state index contributed by atoms with van der Waals surface area (Å²) >= 11 is 1.59. The number of piperazine rings is 1. The van der Waals surface area contributed by atoms with Crippen LogP contribution in [0.5, 0.6) is 0 Å². The van der Waals surface area contributed by atoms with E-state index in [9.17, 15) is 9.59 Å². The summed E-state index contributed by atoms with van der Waals surface area (Å²) in [6.45, 7) is 2.64. The van der Waals surface area contributed by atoms with Gasteiger partial charge in [0.05, 0.1) is 0 Å². The maximum atomic E-state index is 12.1. The lowest BCUT2D eigenvalue weighted by atomic mass is 10.2. The van der Waals surface area contributed by atoms with Gasteiger partial charge in [0, 0.05) is 43.3 Å². The topological polar surface area (TPSA) is 77.6 Å². The zero-order valence-corrected chi connectivity index (χ0v) is 13.3. The molecule has 0 unspecified atom stereocenters. The Kier molecular flexibility index (Phi) is 4.72. The summed E-state index contributed by atoms with van der Waals surface area (Å²) < 4.78 is 0. The number of urea groups is 1. The van der Waals surface area contributed by atoms with Gasteiger partial charge in [0.25, 0.3) is 5.91 Å². The average Bonchev–Trinajstić information content (AvgIpc) is 3.15. The molecule has 1 saturated heterocycles. The molecule has 0 radical (unpaired) electrons. The van der Waals surface area contributed by atoms with Gasteiger partial charge in [0.15, 0.2) is 5.13 Å². The van der Waals surface area contributed by atoms with Crippen LogP contribution in [0.1, 0.15) is 10.4 Å². The third kappa shape index (κ3) is 3.78. The fraction of sp³-hybridized carbons (Fsp3) is 0.267. The highest BCUT2D eigenvalue weighted by Gasteiger charge is 2.22. The molecule has 3 amide bonds. The Morgan fingerprint density at radius 2 is 1.78 bits per heavy atom. The van der Waals surface area contributed by atoms with Crippen LogP contribution in [0.4, 0.5) is 9.93 Å². The van der Waals surface area contributed by atoms with Crippen LogP contribution >= 0.6 is 11.3 Å². The first-order chi connectivity index (χ1) is 11.2. The molecular formula is C15H17N5O2S. The normalized spacial score (nSPS) is 14.4. The molecule has 1 aromatic heterocycles. The summed E-state index contributed by atoms with van der Waals surface area (Å²) in [6.07, 6.45) is 1.78. The minimum atomic E-state index is -0.333. The number of thiazole rings is 1. The molecule has 2 aromatic rings. The van der Waals surface area contributed by atoms with Crippen LogP contribution in [0.3, 0.4) is 0 Å². The molecule has 0 saturated carbocycles. The van der Waals surface area contributed by atoms with E-state index in [4.69, 9.17) is 0 Å². The van der Waals surface area contributed by atoms with Crippen molar-refractivity contribution < 1.29 is 9.59 Å². The number of nitrogens with one attached hydrogen (secondary N) is 2. The molecule has 0 aliphatic carbocycles. The number of benzene rings is 1. The number of rotatable bonds is 2. The predicted molar refractivity (Wildman–Crippen MR) is 88.3 cm³/mol. The third-order valence-corrected chi connectivity index (χ3v) is 4.41. The van der Waals surface area contributed by atoms with Crippen molar-refractivity contribution in [3.8, 4) is 0 Å². The smallest absolute Gasteiger partial charge is 0.336 e. The van der Waals surface area contributed by atoms with Crippen molar-refractivity contribution in [3.63, 3.8) is 0 Å². The fourth-order valence-corrected chi connectivity index (χ4v) is 3.02. The third-order valence-electron chi connectivity index (χ3n) is 3.58. The molecule has 3 rings (SSSR count). The summed E-state index contributed by atoms with van der Waals surface area (Å²) in [7, 11) is 0. The molecule has 1 aliphatic rings. The SMILES string of the molecule is O=C(NNC(=O)N1CCN(c2nccs2)CC1)c1ccccc1. The maximum absolute atomic E-state index is 12.1. The quantitative estimate of drug-likeness (QED) is 0.814. The van der Waals surface area contributed by atoms with Crippen molar-refractivity contribution in [3.05, 3.63) is 47.5 Å². The monoisotopic (exact) mass is 331 g/mol. The fourth-order valence-electron chi connectivity index (χ4n) is 2.32. The Hall–Kier alpha value is -2.61. The molecule has 7 nitrogen and oxygen atoms in total. The molecule has 1 aliphatic heterocycles. The Labute approximate surface area is 137 Å². The molecule has 120 valence electrons. The lowest BCUT2D eigenvalue weighted by Gasteiger charge is -2.34. The van der Waals surface area contributed by atoms with Gasteiger partial charge in [-0.05, 0) is 12.1 Å². The van der Waals surface area contributed by atoms with Crippen LogP contribution in [0.15, 0.2) is 41.9 Å².